The molecule has 0 N–H and O–H groups in total. The van der Waals surface area contributed by atoms with Gasteiger partial charge in [0.1, 0.15) is 11.6 Å². The maximum absolute atomic E-state index is 14.4. The second-order valence-electron chi connectivity index (χ2n) is 5.43. The normalized spacial score (nSPS) is 12.8. The van der Waals surface area contributed by atoms with Crippen molar-refractivity contribution in [2.24, 2.45) is 4.99 Å². The number of fused-ring (bicyclic) bond motifs is 3. The molecule has 1 aliphatic rings. The Hall–Kier alpha value is -2.64. The molecule has 0 spiro atoms. The van der Waals surface area contributed by atoms with Crippen molar-refractivity contribution in [3.63, 3.8) is 0 Å². The van der Waals surface area contributed by atoms with Crippen LogP contribution in [0.5, 0.6) is 0 Å². The molecule has 0 radical (unpaired) electrons. The molecule has 1 aromatic heterocycles. The van der Waals surface area contributed by atoms with Crippen LogP contribution in [0, 0.1) is 11.6 Å². The first-order valence-corrected chi connectivity index (χ1v) is 8.15. The molecule has 0 atom stereocenters. The fraction of sp³-hybridized carbons (Fsp3) is 0.0588. The molecule has 0 bridgehead atoms. The van der Waals surface area contributed by atoms with Gasteiger partial charge in [0.2, 0.25) is 5.82 Å². The number of aldehydes is 1. The lowest BCUT2D eigenvalue weighted by molar-refractivity contribution is 0.111. The summed E-state index contributed by atoms with van der Waals surface area (Å²) in [7, 11) is 0. The van der Waals surface area contributed by atoms with E-state index in [4.69, 9.17) is 23.2 Å². The van der Waals surface area contributed by atoms with E-state index >= 15 is 0 Å². The maximum atomic E-state index is 14.4. The summed E-state index contributed by atoms with van der Waals surface area (Å²) in [5.41, 5.74) is 0.264. The first-order valence-electron chi connectivity index (χ1n) is 7.40. The predicted molar refractivity (Wildman–Crippen MR) is 92.5 cm³/mol. The van der Waals surface area contributed by atoms with E-state index in [-0.39, 0.29) is 39.3 Å². The van der Waals surface area contributed by atoms with Crippen LogP contribution in [-0.2, 0) is 6.54 Å². The minimum atomic E-state index is -0.785. The zero-order valence-corrected chi connectivity index (χ0v) is 14.4. The third kappa shape index (κ3) is 2.51. The van der Waals surface area contributed by atoms with Crippen molar-refractivity contribution in [3.05, 3.63) is 74.8 Å². The summed E-state index contributed by atoms with van der Waals surface area (Å²) in [6.45, 7) is -0.0490. The quantitative estimate of drug-likeness (QED) is 0.618. The van der Waals surface area contributed by atoms with Crippen LogP contribution < -0.4 is 0 Å². The Bertz CT molecular complexity index is 1070. The van der Waals surface area contributed by atoms with Crippen LogP contribution in [0.2, 0.25) is 10.0 Å². The standard InChI is InChI=1S/C17H8Cl2F2N4O/c18-8-4-5-11-15(16(8)19)17(14-9(20)2-1-3-10(14)21)22-6-13-23-12(7-26)24-25(11)13/h1-5,7H,6H2. The Morgan fingerprint density at radius 2 is 1.81 bits per heavy atom. The number of carbonyl (C=O) groups is 1. The van der Waals surface area contributed by atoms with E-state index in [1.165, 1.54) is 16.8 Å². The first-order chi connectivity index (χ1) is 12.5. The lowest BCUT2D eigenvalue weighted by atomic mass is 9.99. The molecular formula is C17H8Cl2F2N4O. The molecule has 0 aliphatic carbocycles. The summed E-state index contributed by atoms with van der Waals surface area (Å²) in [6, 6.07) is 6.62. The molecule has 1 aliphatic heterocycles. The third-order valence-corrected chi connectivity index (χ3v) is 4.72. The number of aromatic nitrogens is 3. The number of aliphatic imine (C=N–C) groups is 1. The molecule has 4 rings (SSSR count). The summed E-state index contributed by atoms with van der Waals surface area (Å²) in [5.74, 6) is -1.27. The van der Waals surface area contributed by atoms with Crippen molar-refractivity contribution in [2.75, 3.05) is 0 Å². The van der Waals surface area contributed by atoms with Gasteiger partial charge in [-0.15, -0.1) is 5.10 Å². The van der Waals surface area contributed by atoms with Gasteiger partial charge in [-0.25, -0.2) is 18.4 Å². The maximum Gasteiger partial charge on any atom is 0.214 e. The molecule has 26 heavy (non-hydrogen) atoms. The van der Waals surface area contributed by atoms with E-state index in [1.54, 1.807) is 6.07 Å². The van der Waals surface area contributed by atoms with E-state index in [0.717, 1.165) is 12.1 Å². The summed E-state index contributed by atoms with van der Waals surface area (Å²) in [5, 5.41) is 4.35. The topological polar surface area (TPSA) is 60.1 Å². The van der Waals surface area contributed by atoms with Crippen LogP contribution in [-0.4, -0.2) is 26.8 Å². The number of carbonyl (C=O) groups excluding carboxylic acids is 1. The van der Waals surface area contributed by atoms with Crippen molar-refractivity contribution >= 4 is 35.2 Å². The van der Waals surface area contributed by atoms with Crippen LogP contribution in [0.1, 0.15) is 27.6 Å². The van der Waals surface area contributed by atoms with Crippen LogP contribution in [0.15, 0.2) is 35.3 Å². The number of rotatable bonds is 2. The van der Waals surface area contributed by atoms with Crippen molar-refractivity contribution < 1.29 is 13.6 Å². The van der Waals surface area contributed by atoms with Gasteiger partial charge in [0.25, 0.3) is 0 Å². The smallest absolute Gasteiger partial charge is 0.214 e. The number of benzene rings is 2. The van der Waals surface area contributed by atoms with E-state index < -0.39 is 11.6 Å². The van der Waals surface area contributed by atoms with Crippen LogP contribution in [0.25, 0.3) is 5.69 Å². The second kappa shape index (κ2) is 6.26. The highest BCUT2D eigenvalue weighted by Crippen LogP contribution is 2.35. The Morgan fingerprint density at radius 3 is 2.50 bits per heavy atom. The summed E-state index contributed by atoms with van der Waals surface area (Å²) in [4.78, 5) is 19.4. The summed E-state index contributed by atoms with van der Waals surface area (Å²) < 4.78 is 30.1. The Labute approximate surface area is 155 Å². The highest BCUT2D eigenvalue weighted by Gasteiger charge is 2.28. The summed E-state index contributed by atoms with van der Waals surface area (Å²) >= 11 is 12.5. The van der Waals surface area contributed by atoms with Crippen LogP contribution in [0.3, 0.4) is 0 Å². The second-order valence-corrected chi connectivity index (χ2v) is 6.22. The van der Waals surface area contributed by atoms with Gasteiger partial charge in [0.15, 0.2) is 12.1 Å². The van der Waals surface area contributed by atoms with Crippen molar-refractivity contribution in [1.82, 2.24) is 14.8 Å². The third-order valence-electron chi connectivity index (χ3n) is 3.91. The number of hydrogen-bond donors (Lipinski definition) is 0. The molecule has 0 saturated carbocycles. The largest absolute Gasteiger partial charge is 0.294 e. The Balaban J connectivity index is 2.07. The minimum Gasteiger partial charge on any atom is -0.294 e. The van der Waals surface area contributed by atoms with Crippen molar-refractivity contribution in [3.8, 4) is 5.69 Å². The molecule has 0 fully saturated rings. The number of halogens is 4. The highest BCUT2D eigenvalue weighted by molar-refractivity contribution is 6.45. The fourth-order valence-corrected chi connectivity index (χ4v) is 3.21. The minimum absolute atomic E-state index is 0.00283. The monoisotopic (exact) mass is 392 g/mol. The van der Waals surface area contributed by atoms with Crippen molar-refractivity contribution in [1.29, 1.82) is 0 Å². The van der Waals surface area contributed by atoms with Gasteiger partial charge in [-0.3, -0.25) is 9.79 Å². The molecule has 0 unspecified atom stereocenters. The number of nitrogens with zero attached hydrogens (tertiary/aromatic N) is 4. The predicted octanol–water partition coefficient (Wildman–Crippen LogP) is 4.02. The average molecular weight is 393 g/mol. The molecule has 9 heteroatoms. The molecule has 3 aromatic rings. The van der Waals surface area contributed by atoms with E-state index in [0.29, 0.717) is 17.8 Å². The lowest BCUT2D eigenvalue weighted by Crippen LogP contribution is -2.13. The van der Waals surface area contributed by atoms with Gasteiger partial charge in [-0.05, 0) is 24.3 Å². The van der Waals surface area contributed by atoms with Gasteiger partial charge in [-0.1, -0.05) is 29.3 Å². The van der Waals surface area contributed by atoms with Gasteiger partial charge in [0.05, 0.1) is 33.6 Å². The van der Waals surface area contributed by atoms with Crippen LogP contribution >= 0.6 is 23.2 Å². The Morgan fingerprint density at radius 1 is 1.08 bits per heavy atom. The fourth-order valence-electron chi connectivity index (χ4n) is 2.81. The van der Waals surface area contributed by atoms with Gasteiger partial charge in [0, 0.05) is 5.56 Å². The van der Waals surface area contributed by atoms with Gasteiger partial charge < -0.3 is 0 Å². The molecule has 0 saturated heterocycles. The number of hydrogen-bond acceptors (Lipinski definition) is 4. The molecule has 2 aromatic carbocycles. The van der Waals surface area contributed by atoms with Crippen molar-refractivity contribution in [2.45, 2.75) is 6.54 Å². The van der Waals surface area contributed by atoms with Gasteiger partial charge in [-0.2, -0.15) is 0 Å². The molecule has 130 valence electrons. The molecule has 0 amide bonds. The highest BCUT2D eigenvalue weighted by atomic mass is 35.5. The average Bonchev–Trinajstić information content (AvgIpc) is 2.97. The SMILES string of the molecule is O=Cc1nc2n(n1)-c1ccc(Cl)c(Cl)c1C(c1c(F)cccc1F)=NC2. The van der Waals surface area contributed by atoms with E-state index in [1.807, 2.05) is 0 Å². The zero-order chi connectivity index (χ0) is 18.4. The zero-order valence-electron chi connectivity index (χ0n) is 12.9. The van der Waals surface area contributed by atoms with Gasteiger partial charge >= 0.3 is 0 Å². The van der Waals surface area contributed by atoms with E-state index in [9.17, 15) is 13.6 Å². The molecule has 2 heterocycles. The first kappa shape index (κ1) is 16.8. The lowest BCUT2D eigenvalue weighted by Gasteiger charge is -2.14. The summed E-state index contributed by atoms with van der Waals surface area (Å²) in [6.07, 6.45) is 0.500. The van der Waals surface area contributed by atoms with Crippen LogP contribution in [0.4, 0.5) is 8.78 Å². The molecule has 5 nitrogen and oxygen atoms in total. The van der Waals surface area contributed by atoms with E-state index in [2.05, 4.69) is 15.1 Å². The Kier molecular flexibility index (Phi) is 4.05. The molecular weight excluding hydrogens is 385 g/mol.